The van der Waals surface area contributed by atoms with Crippen LogP contribution >= 0.6 is 0 Å². The number of nitrogens with one attached hydrogen (secondary N) is 1. The molecule has 0 atom stereocenters. The molecule has 158 valence electrons. The molecule has 6 nitrogen and oxygen atoms in total. The summed E-state index contributed by atoms with van der Waals surface area (Å²) in [6, 6.07) is 24.6. The zero-order valence-corrected chi connectivity index (χ0v) is 18.0. The van der Waals surface area contributed by atoms with Crippen LogP contribution in [0.15, 0.2) is 83.8 Å². The van der Waals surface area contributed by atoms with Gasteiger partial charge in [-0.3, -0.25) is 4.79 Å². The summed E-state index contributed by atoms with van der Waals surface area (Å²) in [7, 11) is -3.87. The Morgan fingerprint density at radius 3 is 2.39 bits per heavy atom. The molecular weight excluding hydrogens is 410 g/mol. The van der Waals surface area contributed by atoms with Crippen LogP contribution in [0.4, 0.5) is 5.69 Å². The SMILES string of the molecule is Cc1ccc(S(=O)(=O)N(CCc2ccccc2)CC(=O)Nc2cccc(C#N)c2)cc1. The summed E-state index contributed by atoms with van der Waals surface area (Å²) in [4.78, 5) is 12.8. The number of sulfonamides is 1. The van der Waals surface area contributed by atoms with Crippen molar-refractivity contribution >= 4 is 21.6 Å². The number of nitrogens with zero attached hydrogens (tertiary/aromatic N) is 2. The number of amides is 1. The van der Waals surface area contributed by atoms with Crippen molar-refractivity contribution in [3.05, 3.63) is 95.6 Å². The van der Waals surface area contributed by atoms with Gasteiger partial charge in [0, 0.05) is 12.2 Å². The minimum Gasteiger partial charge on any atom is -0.325 e. The number of rotatable bonds is 8. The third-order valence-corrected chi connectivity index (χ3v) is 6.61. The van der Waals surface area contributed by atoms with Crippen molar-refractivity contribution in [2.45, 2.75) is 18.2 Å². The average Bonchev–Trinajstić information content (AvgIpc) is 2.77. The van der Waals surface area contributed by atoms with Crippen LogP contribution in [-0.4, -0.2) is 31.7 Å². The topological polar surface area (TPSA) is 90.3 Å². The number of hydrogen-bond acceptors (Lipinski definition) is 4. The van der Waals surface area contributed by atoms with Gasteiger partial charge in [-0.2, -0.15) is 9.57 Å². The molecule has 0 fully saturated rings. The second kappa shape index (κ2) is 10.0. The third-order valence-electron chi connectivity index (χ3n) is 4.75. The van der Waals surface area contributed by atoms with E-state index in [1.165, 1.54) is 4.31 Å². The van der Waals surface area contributed by atoms with E-state index in [4.69, 9.17) is 5.26 Å². The highest BCUT2D eigenvalue weighted by Crippen LogP contribution is 2.18. The Morgan fingerprint density at radius 2 is 1.71 bits per heavy atom. The number of carbonyl (C=O) groups excluding carboxylic acids is 1. The number of benzene rings is 3. The monoisotopic (exact) mass is 433 g/mol. The summed E-state index contributed by atoms with van der Waals surface area (Å²) in [5, 5.41) is 11.7. The summed E-state index contributed by atoms with van der Waals surface area (Å²) in [6.07, 6.45) is 0.475. The van der Waals surface area contributed by atoms with Crippen LogP contribution in [-0.2, 0) is 21.2 Å². The maximum atomic E-state index is 13.3. The van der Waals surface area contributed by atoms with Crippen molar-refractivity contribution in [3.63, 3.8) is 0 Å². The highest BCUT2D eigenvalue weighted by molar-refractivity contribution is 7.89. The van der Waals surface area contributed by atoms with Gasteiger partial charge >= 0.3 is 0 Å². The molecule has 0 saturated carbocycles. The first-order chi connectivity index (χ1) is 14.9. The molecule has 0 aromatic heterocycles. The Morgan fingerprint density at radius 1 is 1.00 bits per heavy atom. The maximum Gasteiger partial charge on any atom is 0.243 e. The van der Waals surface area contributed by atoms with E-state index in [0.29, 0.717) is 17.7 Å². The van der Waals surface area contributed by atoms with E-state index < -0.39 is 15.9 Å². The molecule has 7 heteroatoms. The van der Waals surface area contributed by atoms with Gasteiger partial charge in [-0.05, 0) is 49.2 Å². The number of anilines is 1. The summed E-state index contributed by atoms with van der Waals surface area (Å²) in [5.74, 6) is -0.473. The predicted molar refractivity (Wildman–Crippen MR) is 120 cm³/mol. The Bertz CT molecular complexity index is 1180. The molecule has 31 heavy (non-hydrogen) atoms. The van der Waals surface area contributed by atoms with Crippen LogP contribution in [0, 0.1) is 18.3 Å². The van der Waals surface area contributed by atoms with E-state index in [9.17, 15) is 13.2 Å². The fourth-order valence-corrected chi connectivity index (χ4v) is 4.47. The van der Waals surface area contributed by atoms with Crippen molar-refractivity contribution in [3.8, 4) is 6.07 Å². The standard InChI is InChI=1S/C24H23N3O3S/c1-19-10-12-23(13-11-19)31(29,30)27(15-14-20-6-3-2-4-7-20)18-24(28)26-22-9-5-8-21(16-22)17-25/h2-13,16H,14-15,18H2,1H3,(H,26,28). The predicted octanol–water partition coefficient (Wildman–Crippen LogP) is 3.74. The number of aryl methyl sites for hydroxylation is 1. The van der Waals surface area contributed by atoms with Crippen molar-refractivity contribution in [2.24, 2.45) is 0 Å². The molecule has 0 unspecified atom stereocenters. The van der Waals surface area contributed by atoms with Gasteiger partial charge in [-0.25, -0.2) is 8.42 Å². The first-order valence-corrected chi connectivity index (χ1v) is 11.2. The molecular formula is C24H23N3O3S. The average molecular weight is 434 g/mol. The Kier molecular flexibility index (Phi) is 7.19. The molecule has 0 spiro atoms. The molecule has 0 heterocycles. The minimum atomic E-state index is -3.87. The van der Waals surface area contributed by atoms with Crippen LogP contribution in [0.3, 0.4) is 0 Å². The van der Waals surface area contributed by atoms with Crippen LogP contribution in [0.5, 0.6) is 0 Å². The normalized spacial score (nSPS) is 11.1. The second-order valence-electron chi connectivity index (χ2n) is 7.13. The quantitative estimate of drug-likeness (QED) is 0.586. The molecule has 0 radical (unpaired) electrons. The van der Waals surface area contributed by atoms with Crippen molar-refractivity contribution in [2.75, 3.05) is 18.4 Å². The lowest BCUT2D eigenvalue weighted by molar-refractivity contribution is -0.116. The summed E-state index contributed by atoms with van der Waals surface area (Å²) < 4.78 is 27.7. The number of nitriles is 1. The first kappa shape index (κ1) is 22.2. The molecule has 0 saturated heterocycles. The molecule has 0 bridgehead atoms. The molecule has 3 aromatic carbocycles. The van der Waals surface area contributed by atoms with Crippen molar-refractivity contribution < 1.29 is 13.2 Å². The Labute approximate surface area is 182 Å². The van der Waals surface area contributed by atoms with E-state index in [0.717, 1.165) is 11.1 Å². The van der Waals surface area contributed by atoms with E-state index in [2.05, 4.69) is 5.32 Å². The third kappa shape index (κ3) is 6.01. The van der Waals surface area contributed by atoms with E-state index >= 15 is 0 Å². The first-order valence-electron chi connectivity index (χ1n) is 9.79. The zero-order chi connectivity index (χ0) is 22.3. The minimum absolute atomic E-state index is 0.144. The van der Waals surface area contributed by atoms with Crippen LogP contribution in [0.2, 0.25) is 0 Å². The van der Waals surface area contributed by atoms with Gasteiger partial charge in [0.2, 0.25) is 15.9 Å². The molecule has 0 aliphatic rings. The van der Waals surface area contributed by atoms with Gasteiger partial charge in [0.25, 0.3) is 0 Å². The lowest BCUT2D eigenvalue weighted by atomic mass is 10.1. The van der Waals surface area contributed by atoms with Gasteiger partial charge < -0.3 is 5.32 Å². The molecule has 1 N–H and O–H groups in total. The van der Waals surface area contributed by atoms with E-state index in [-0.39, 0.29) is 18.0 Å². The maximum absolute atomic E-state index is 13.3. The summed E-state index contributed by atoms with van der Waals surface area (Å²) >= 11 is 0. The fourth-order valence-electron chi connectivity index (χ4n) is 3.07. The van der Waals surface area contributed by atoms with Gasteiger partial charge in [-0.1, -0.05) is 54.1 Å². The Hall–Kier alpha value is -3.47. The van der Waals surface area contributed by atoms with Crippen LogP contribution < -0.4 is 5.32 Å². The molecule has 0 aliphatic carbocycles. The van der Waals surface area contributed by atoms with E-state index in [1.807, 2.05) is 43.3 Å². The highest BCUT2D eigenvalue weighted by atomic mass is 32.2. The van der Waals surface area contributed by atoms with Gasteiger partial charge in [0.05, 0.1) is 23.1 Å². The van der Waals surface area contributed by atoms with Crippen molar-refractivity contribution in [1.82, 2.24) is 4.31 Å². The lowest BCUT2D eigenvalue weighted by Crippen LogP contribution is -2.39. The van der Waals surface area contributed by atoms with E-state index in [1.54, 1.807) is 48.5 Å². The Balaban J connectivity index is 1.81. The molecule has 3 aromatic rings. The lowest BCUT2D eigenvalue weighted by Gasteiger charge is -2.22. The zero-order valence-electron chi connectivity index (χ0n) is 17.2. The van der Waals surface area contributed by atoms with Gasteiger partial charge in [0.1, 0.15) is 0 Å². The van der Waals surface area contributed by atoms with Crippen LogP contribution in [0.25, 0.3) is 0 Å². The molecule has 1 amide bonds. The largest absolute Gasteiger partial charge is 0.325 e. The van der Waals surface area contributed by atoms with Gasteiger partial charge in [-0.15, -0.1) is 0 Å². The molecule has 0 aliphatic heterocycles. The summed E-state index contributed by atoms with van der Waals surface area (Å²) in [6.45, 7) is 1.71. The second-order valence-corrected chi connectivity index (χ2v) is 9.07. The highest BCUT2D eigenvalue weighted by Gasteiger charge is 2.26. The summed E-state index contributed by atoms with van der Waals surface area (Å²) in [5.41, 5.74) is 2.78. The molecule has 3 rings (SSSR count). The number of hydrogen-bond donors (Lipinski definition) is 1. The van der Waals surface area contributed by atoms with Crippen LogP contribution in [0.1, 0.15) is 16.7 Å². The smallest absolute Gasteiger partial charge is 0.243 e. The van der Waals surface area contributed by atoms with Crippen molar-refractivity contribution in [1.29, 1.82) is 5.26 Å². The fraction of sp³-hybridized carbons (Fsp3) is 0.167. The van der Waals surface area contributed by atoms with Gasteiger partial charge in [0.15, 0.2) is 0 Å². The number of carbonyl (C=O) groups is 1.